The molecule has 0 unspecified atom stereocenters. The van der Waals surface area contributed by atoms with Crippen LogP contribution in [0.5, 0.6) is 0 Å². The Morgan fingerprint density at radius 3 is 3.11 bits per heavy atom. The molecule has 3 heteroatoms. The molecule has 2 nitrogen and oxygen atoms in total. The largest absolute Gasteiger partial charge is 0.347 e. The van der Waals surface area contributed by atoms with Crippen molar-refractivity contribution in [2.75, 3.05) is 5.32 Å². The van der Waals surface area contributed by atoms with Crippen LogP contribution >= 0.6 is 0 Å². The number of aromatic nitrogens is 1. The third kappa shape index (κ3) is 2.12. The van der Waals surface area contributed by atoms with Crippen molar-refractivity contribution >= 4 is 11.4 Å². The predicted octanol–water partition coefficient (Wildman–Crippen LogP) is 3.76. The first-order valence-electron chi connectivity index (χ1n) is 5.98. The second kappa shape index (κ2) is 4.61. The van der Waals surface area contributed by atoms with Crippen molar-refractivity contribution in [1.82, 2.24) is 4.98 Å². The van der Waals surface area contributed by atoms with Crippen LogP contribution in [0.25, 0.3) is 5.57 Å². The number of hydrogen-bond donors (Lipinski definition) is 1. The van der Waals surface area contributed by atoms with Crippen LogP contribution < -0.4 is 5.32 Å². The quantitative estimate of drug-likeness (QED) is 0.808. The molecule has 0 fully saturated rings. The molecule has 0 radical (unpaired) electrons. The van der Waals surface area contributed by atoms with Crippen LogP contribution in [0.1, 0.15) is 17.5 Å². The highest BCUT2D eigenvalue weighted by Crippen LogP contribution is 2.25. The van der Waals surface area contributed by atoms with Crippen molar-refractivity contribution in [3.63, 3.8) is 0 Å². The van der Waals surface area contributed by atoms with E-state index in [0.717, 1.165) is 23.4 Å². The van der Waals surface area contributed by atoms with Crippen molar-refractivity contribution in [3.05, 3.63) is 65.8 Å². The number of anilines is 1. The van der Waals surface area contributed by atoms with Gasteiger partial charge in [-0.25, -0.2) is 9.37 Å². The second-order valence-corrected chi connectivity index (χ2v) is 4.30. The number of allylic oxidation sites excluding steroid dienone is 7. The molecule has 90 valence electrons. The van der Waals surface area contributed by atoms with Gasteiger partial charge in [-0.15, -0.1) is 0 Å². The molecular weight excluding hydrogens is 227 g/mol. The maximum Gasteiger partial charge on any atom is 0.133 e. The number of pyridine rings is 1. The Labute approximate surface area is 105 Å². The van der Waals surface area contributed by atoms with Gasteiger partial charge >= 0.3 is 0 Å². The van der Waals surface area contributed by atoms with Gasteiger partial charge < -0.3 is 5.32 Å². The fraction of sp³-hybridized carbons (Fsp3) is 0.133. The van der Waals surface area contributed by atoms with Crippen LogP contribution in [-0.4, -0.2) is 4.98 Å². The third-order valence-corrected chi connectivity index (χ3v) is 3.05. The molecule has 0 atom stereocenters. The lowest BCUT2D eigenvalue weighted by molar-refractivity contribution is 0.663. The van der Waals surface area contributed by atoms with Crippen molar-refractivity contribution < 1.29 is 4.39 Å². The molecular formula is C15H13FN2. The molecule has 1 aliphatic heterocycles. The lowest BCUT2D eigenvalue weighted by atomic mass is 10.0. The van der Waals surface area contributed by atoms with E-state index >= 15 is 0 Å². The van der Waals surface area contributed by atoms with E-state index in [-0.39, 0.29) is 5.83 Å². The molecule has 18 heavy (non-hydrogen) atoms. The fourth-order valence-corrected chi connectivity index (χ4v) is 2.10. The number of hydrogen-bond acceptors (Lipinski definition) is 2. The summed E-state index contributed by atoms with van der Waals surface area (Å²) < 4.78 is 13.1. The van der Waals surface area contributed by atoms with Gasteiger partial charge in [0, 0.05) is 11.8 Å². The number of nitrogens with zero attached hydrogens (tertiary/aromatic N) is 1. The van der Waals surface area contributed by atoms with Crippen LogP contribution in [0, 0.1) is 0 Å². The average Bonchev–Trinajstić information content (AvgIpc) is 2.63. The van der Waals surface area contributed by atoms with Crippen molar-refractivity contribution in [2.24, 2.45) is 0 Å². The second-order valence-electron chi connectivity index (χ2n) is 4.30. The van der Waals surface area contributed by atoms with Gasteiger partial charge in [-0.2, -0.15) is 0 Å². The van der Waals surface area contributed by atoms with Gasteiger partial charge in [-0.1, -0.05) is 18.2 Å². The molecule has 0 saturated carbocycles. The minimum atomic E-state index is -0.184. The average molecular weight is 240 g/mol. The highest BCUT2D eigenvalue weighted by atomic mass is 19.1. The molecule has 1 aromatic heterocycles. The smallest absolute Gasteiger partial charge is 0.133 e. The molecule has 1 aliphatic carbocycles. The summed E-state index contributed by atoms with van der Waals surface area (Å²) in [4.78, 5) is 4.40. The summed E-state index contributed by atoms with van der Waals surface area (Å²) in [5.74, 6) is 0.723. The summed E-state index contributed by atoms with van der Waals surface area (Å²) in [5, 5.41) is 3.11. The van der Waals surface area contributed by atoms with E-state index in [9.17, 15) is 4.39 Å². The SMILES string of the molecule is FC1=CCC=C(c2cnc3c(c2)CC=CN3)C=C1. The van der Waals surface area contributed by atoms with Crippen LogP contribution in [0.2, 0.25) is 0 Å². The molecule has 2 aliphatic rings. The summed E-state index contributed by atoms with van der Waals surface area (Å²) in [6, 6.07) is 2.11. The first kappa shape index (κ1) is 11.0. The minimum absolute atomic E-state index is 0.184. The van der Waals surface area contributed by atoms with E-state index < -0.39 is 0 Å². The molecule has 3 rings (SSSR count). The van der Waals surface area contributed by atoms with Crippen molar-refractivity contribution in [2.45, 2.75) is 12.8 Å². The van der Waals surface area contributed by atoms with Crippen LogP contribution in [-0.2, 0) is 6.42 Å². The zero-order valence-corrected chi connectivity index (χ0v) is 9.86. The summed E-state index contributed by atoms with van der Waals surface area (Å²) >= 11 is 0. The van der Waals surface area contributed by atoms with E-state index in [1.165, 1.54) is 11.6 Å². The standard InChI is InChI=1S/C15H13FN2/c16-14-5-1-3-11(6-7-14)13-9-12-4-2-8-17-15(12)18-10-13/h2-3,5-10H,1,4H2,(H,17,18). The lowest BCUT2D eigenvalue weighted by Gasteiger charge is -2.13. The summed E-state index contributed by atoms with van der Waals surface area (Å²) in [5.41, 5.74) is 3.22. The highest BCUT2D eigenvalue weighted by molar-refractivity contribution is 5.76. The molecule has 0 saturated heterocycles. The normalized spacial score (nSPS) is 17.4. The zero-order valence-electron chi connectivity index (χ0n) is 9.86. The summed E-state index contributed by atoms with van der Waals surface area (Å²) in [6.45, 7) is 0. The van der Waals surface area contributed by atoms with Crippen LogP contribution in [0.3, 0.4) is 0 Å². The molecule has 2 heterocycles. The molecule has 1 N–H and O–H groups in total. The Morgan fingerprint density at radius 2 is 2.17 bits per heavy atom. The van der Waals surface area contributed by atoms with Gasteiger partial charge in [-0.05, 0) is 48.4 Å². The zero-order chi connectivity index (χ0) is 12.4. The first-order valence-corrected chi connectivity index (χ1v) is 5.98. The first-order chi connectivity index (χ1) is 8.83. The monoisotopic (exact) mass is 240 g/mol. The topological polar surface area (TPSA) is 24.9 Å². The van der Waals surface area contributed by atoms with E-state index in [1.807, 2.05) is 18.5 Å². The lowest BCUT2D eigenvalue weighted by Crippen LogP contribution is -2.03. The van der Waals surface area contributed by atoms with Gasteiger partial charge in [0.25, 0.3) is 0 Å². The van der Waals surface area contributed by atoms with E-state index in [4.69, 9.17) is 0 Å². The summed E-state index contributed by atoms with van der Waals surface area (Å²) in [6.07, 6.45) is 14.2. The summed E-state index contributed by atoms with van der Waals surface area (Å²) in [7, 11) is 0. The van der Waals surface area contributed by atoms with Crippen LogP contribution in [0.4, 0.5) is 10.2 Å². The van der Waals surface area contributed by atoms with E-state index in [2.05, 4.69) is 22.4 Å². The van der Waals surface area contributed by atoms with Gasteiger partial charge in [0.15, 0.2) is 0 Å². The van der Waals surface area contributed by atoms with Gasteiger partial charge in [0.1, 0.15) is 11.6 Å². The van der Waals surface area contributed by atoms with Crippen molar-refractivity contribution in [3.8, 4) is 0 Å². The number of halogens is 1. The molecule has 0 amide bonds. The third-order valence-electron chi connectivity index (χ3n) is 3.05. The Bertz CT molecular complexity index is 595. The fourth-order valence-electron chi connectivity index (χ4n) is 2.10. The number of nitrogens with one attached hydrogen (secondary N) is 1. The van der Waals surface area contributed by atoms with Crippen molar-refractivity contribution in [1.29, 1.82) is 0 Å². The molecule has 0 bridgehead atoms. The Morgan fingerprint density at radius 1 is 1.22 bits per heavy atom. The Kier molecular flexibility index (Phi) is 2.81. The van der Waals surface area contributed by atoms with Gasteiger partial charge in [-0.3, -0.25) is 0 Å². The van der Waals surface area contributed by atoms with Gasteiger partial charge in [0.05, 0.1) is 0 Å². The minimum Gasteiger partial charge on any atom is -0.347 e. The Balaban J connectivity index is 1.94. The number of rotatable bonds is 1. The maximum atomic E-state index is 13.1. The molecule has 0 spiro atoms. The highest BCUT2D eigenvalue weighted by Gasteiger charge is 2.09. The number of fused-ring (bicyclic) bond motifs is 1. The molecule has 0 aromatic carbocycles. The van der Waals surface area contributed by atoms with Crippen LogP contribution in [0.15, 0.2) is 54.7 Å². The van der Waals surface area contributed by atoms with E-state index in [0.29, 0.717) is 6.42 Å². The molecule has 1 aromatic rings. The Hall–Kier alpha value is -2.16. The predicted molar refractivity (Wildman–Crippen MR) is 71.6 cm³/mol. The van der Waals surface area contributed by atoms with E-state index in [1.54, 1.807) is 12.2 Å². The van der Waals surface area contributed by atoms with Gasteiger partial charge in [0.2, 0.25) is 0 Å². The maximum absolute atomic E-state index is 13.1.